The molecule has 1 aliphatic rings. The lowest BCUT2D eigenvalue weighted by atomic mass is 10.3. The maximum atomic E-state index is 13.1. The van der Waals surface area contributed by atoms with Crippen LogP contribution < -0.4 is 20.7 Å². The zero-order valence-electron chi connectivity index (χ0n) is 11.9. The number of halogens is 1. The number of rotatable bonds is 4. The molecule has 1 saturated heterocycles. The maximum Gasteiger partial charge on any atom is 0.315 e. The van der Waals surface area contributed by atoms with E-state index in [-0.39, 0.29) is 24.4 Å². The number of hydrogen-bond donors (Lipinski definition) is 3. The van der Waals surface area contributed by atoms with Crippen molar-refractivity contribution in [1.82, 2.24) is 15.6 Å². The first-order valence-corrected chi connectivity index (χ1v) is 6.85. The van der Waals surface area contributed by atoms with Gasteiger partial charge in [0.2, 0.25) is 11.8 Å². The number of anilines is 1. The maximum absolute atomic E-state index is 13.1. The number of urea groups is 1. The molecule has 3 rings (SSSR count). The summed E-state index contributed by atoms with van der Waals surface area (Å²) in [5, 5.41) is 7.61. The standard InChI is InChI=1S/C15H13FN4O3/c16-9-2-1-3-11(6-9)23-13-5-4-10(7-17-13)19-14(21)12-8-18-15(22)20-12/h1-7,12H,8H2,(H,19,21)(H2,18,20,22). The summed E-state index contributed by atoms with van der Waals surface area (Å²) >= 11 is 0. The molecule has 1 atom stereocenters. The summed E-state index contributed by atoms with van der Waals surface area (Å²) in [5.74, 6) is -0.152. The van der Waals surface area contributed by atoms with E-state index in [1.165, 1.54) is 24.4 Å². The van der Waals surface area contributed by atoms with E-state index >= 15 is 0 Å². The summed E-state index contributed by atoms with van der Waals surface area (Å²) in [5.41, 5.74) is 0.461. The van der Waals surface area contributed by atoms with E-state index in [1.54, 1.807) is 18.2 Å². The van der Waals surface area contributed by atoms with Crippen molar-refractivity contribution in [2.24, 2.45) is 0 Å². The fourth-order valence-corrected chi connectivity index (χ4v) is 2.01. The van der Waals surface area contributed by atoms with E-state index < -0.39 is 11.9 Å². The molecule has 1 fully saturated rings. The fraction of sp³-hybridized carbons (Fsp3) is 0.133. The van der Waals surface area contributed by atoms with Gasteiger partial charge in [0.25, 0.3) is 0 Å². The number of benzene rings is 1. The molecule has 23 heavy (non-hydrogen) atoms. The highest BCUT2D eigenvalue weighted by atomic mass is 19.1. The molecule has 118 valence electrons. The van der Waals surface area contributed by atoms with Gasteiger partial charge >= 0.3 is 6.03 Å². The van der Waals surface area contributed by atoms with E-state index in [4.69, 9.17) is 4.74 Å². The quantitative estimate of drug-likeness (QED) is 0.799. The number of nitrogens with one attached hydrogen (secondary N) is 3. The van der Waals surface area contributed by atoms with Crippen LogP contribution in [0, 0.1) is 5.82 Å². The molecule has 3 N–H and O–H groups in total. The van der Waals surface area contributed by atoms with Crippen LogP contribution in [-0.4, -0.2) is 29.5 Å². The number of amides is 3. The Bertz CT molecular complexity index is 736. The monoisotopic (exact) mass is 316 g/mol. The van der Waals surface area contributed by atoms with Gasteiger partial charge in [-0.1, -0.05) is 6.07 Å². The predicted molar refractivity (Wildman–Crippen MR) is 79.7 cm³/mol. The molecule has 0 spiro atoms. The van der Waals surface area contributed by atoms with Gasteiger partial charge < -0.3 is 20.7 Å². The summed E-state index contributed by atoms with van der Waals surface area (Å²) < 4.78 is 18.5. The number of carbonyl (C=O) groups is 2. The number of hydrogen-bond acceptors (Lipinski definition) is 4. The Hall–Kier alpha value is -3.16. The molecule has 1 unspecified atom stereocenters. The molecule has 0 saturated carbocycles. The number of carbonyl (C=O) groups excluding carboxylic acids is 2. The molecule has 2 heterocycles. The minimum atomic E-state index is -0.620. The molecule has 8 heteroatoms. The van der Waals surface area contributed by atoms with Gasteiger partial charge in [-0.2, -0.15) is 0 Å². The van der Waals surface area contributed by atoms with Gasteiger partial charge in [0, 0.05) is 18.7 Å². The third kappa shape index (κ3) is 3.73. The summed E-state index contributed by atoms with van der Waals surface area (Å²) in [6, 6.07) is 7.85. The lowest BCUT2D eigenvalue weighted by Crippen LogP contribution is -2.38. The van der Waals surface area contributed by atoms with Crippen LogP contribution in [0.5, 0.6) is 11.6 Å². The average molecular weight is 316 g/mol. The Labute approximate surface area is 130 Å². The van der Waals surface area contributed by atoms with Gasteiger partial charge in [-0.3, -0.25) is 4.79 Å². The molecule has 3 amide bonds. The molecule has 1 aromatic heterocycles. The number of nitrogens with zero attached hydrogens (tertiary/aromatic N) is 1. The van der Waals surface area contributed by atoms with Crippen molar-refractivity contribution in [3.05, 3.63) is 48.4 Å². The summed E-state index contributed by atoms with van der Waals surface area (Å²) in [6.07, 6.45) is 1.41. The van der Waals surface area contributed by atoms with Crippen LogP contribution in [0.15, 0.2) is 42.6 Å². The summed E-state index contributed by atoms with van der Waals surface area (Å²) in [7, 11) is 0. The second-order valence-electron chi connectivity index (χ2n) is 4.84. The SMILES string of the molecule is O=C1NCC(C(=O)Nc2ccc(Oc3cccc(F)c3)nc2)N1. The third-order valence-corrected chi connectivity index (χ3v) is 3.11. The molecular weight excluding hydrogens is 303 g/mol. The van der Waals surface area contributed by atoms with Crippen LogP contribution in [0.2, 0.25) is 0 Å². The van der Waals surface area contributed by atoms with E-state index in [0.717, 1.165) is 0 Å². The van der Waals surface area contributed by atoms with Crippen molar-refractivity contribution >= 4 is 17.6 Å². The average Bonchev–Trinajstić information content (AvgIpc) is 2.96. The Morgan fingerprint density at radius 2 is 2.22 bits per heavy atom. The fourth-order valence-electron chi connectivity index (χ4n) is 2.01. The predicted octanol–water partition coefficient (Wildman–Crippen LogP) is 1.63. The lowest BCUT2D eigenvalue weighted by Gasteiger charge is -2.10. The molecule has 2 aromatic rings. The molecular formula is C15H13FN4O3. The highest BCUT2D eigenvalue weighted by Gasteiger charge is 2.26. The van der Waals surface area contributed by atoms with Crippen molar-refractivity contribution in [2.45, 2.75) is 6.04 Å². The third-order valence-electron chi connectivity index (χ3n) is 3.11. The summed E-state index contributed by atoms with van der Waals surface area (Å²) in [4.78, 5) is 26.9. The van der Waals surface area contributed by atoms with E-state index in [9.17, 15) is 14.0 Å². The van der Waals surface area contributed by atoms with E-state index in [1.807, 2.05) is 0 Å². The van der Waals surface area contributed by atoms with Gasteiger partial charge in [-0.25, -0.2) is 14.2 Å². The van der Waals surface area contributed by atoms with E-state index in [0.29, 0.717) is 11.4 Å². The van der Waals surface area contributed by atoms with Gasteiger partial charge in [-0.05, 0) is 18.2 Å². The van der Waals surface area contributed by atoms with Crippen LogP contribution in [0.3, 0.4) is 0 Å². The second kappa shape index (κ2) is 6.30. The van der Waals surface area contributed by atoms with Crippen LogP contribution in [0.1, 0.15) is 0 Å². The van der Waals surface area contributed by atoms with Crippen molar-refractivity contribution in [2.75, 3.05) is 11.9 Å². The van der Waals surface area contributed by atoms with Crippen LogP contribution in [-0.2, 0) is 4.79 Å². The zero-order chi connectivity index (χ0) is 16.2. The second-order valence-corrected chi connectivity index (χ2v) is 4.84. The van der Waals surface area contributed by atoms with Gasteiger partial charge in [0.1, 0.15) is 17.6 Å². The van der Waals surface area contributed by atoms with E-state index in [2.05, 4.69) is 20.9 Å². The first-order chi connectivity index (χ1) is 11.1. The Morgan fingerprint density at radius 3 is 2.87 bits per heavy atom. The molecule has 0 aliphatic carbocycles. The van der Waals surface area contributed by atoms with Gasteiger partial charge in [0.05, 0.1) is 11.9 Å². The largest absolute Gasteiger partial charge is 0.439 e. The van der Waals surface area contributed by atoms with Gasteiger partial charge in [-0.15, -0.1) is 0 Å². The van der Waals surface area contributed by atoms with Crippen molar-refractivity contribution < 1.29 is 18.7 Å². The number of aromatic nitrogens is 1. The zero-order valence-corrected chi connectivity index (χ0v) is 11.9. The number of pyridine rings is 1. The Morgan fingerprint density at radius 1 is 1.35 bits per heavy atom. The molecule has 0 bridgehead atoms. The smallest absolute Gasteiger partial charge is 0.315 e. The van der Waals surface area contributed by atoms with Crippen LogP contribution in [0.4, 0.5) is 14.9 Å². The highest BCUT2D eigenvalue weighted by molar-refractivity contribution is 5.98. The topological polar surface area (TPSA) is 92.4 Å². The van der Waals surface area contributed by atoms with Crippen molar-refractivity contribution in [1.29, 1.82) is 0 Å². The first kappa shape index (κ1) is 14.8. The van der Waals surface area contributed by atoms with Crippen molar-refractivity contribution in [3.63, 3.8) is 0 Å². The highest BCUT2D eigenvalue weighted by Crippen LogP contribution is 2.21. The minimum absolute atomic E-state index is 0.235. The van der Waals surface area contributed by atoms with Crippen LogP contribution >= 0.6 is 0 Å². The van der Waals surface area contributed by atoms with Gasteiger partial charge in [0.15, 0.2) is 0 Å². The Balaban J connectivity index is 1.60. The first-order valence-electron chi connectivity index (χ1n) is 6.85. The molecule has 7 nitrogen and oxygen atoms in total. The molecule has 1 aliphatic heterocycles. The van der Waals surface area contributed by atoms with Crippen molar-refractivity contribution in [3.8, 4) is 11.6 Å². The molecule has 1 aromatic carbocycles. The van der Waals surface area contributed by atoms with Crippen LogP contribution in [0.25, 0.3) is 0 Å². The normalized spacial score (nSPS) is 16.4. The lowest BCUT2D eigenvalue weighted by molar-refractivity contribution is -0.117. The number of ether oxygens (including phenoxy) is 1. The molecule has 0 radical (unpaired) electrons. The minimum Gasteiger partial charge on any atom is -0.439 e. The summed E-state index contributed by atoms with van der Waals surface area (Å²) in [6.45, 7) is 0.235. The Kier molecular flexibility index (Phi) is 4.05.